The maximum atomic E-state index is 13.0. The number of carbonyl (C=O) groups excluding carboxylic acids is 1. The van der Waals surface area contributed by atoms with Crippen LogP contribution in [0.1, 0.15) is 27.2 Å². The molecule has 3 aromatic rings. The first-order valence-electron chi connectivity index (χ1n) is 9.06. The number of aromatic nitrogens is 2. The Hall–Kier alpha value is -3.54. The van der Waals surface area contributed by atoms with Gasteiger partial charge in [-0.25, -0.2) is 0 Å². The van der Waals surface area contributed by atoms with Gasteiger partial charge in [0.05, 0.1) is 5.56 Å². The smallest absolute Gasteiger partial charge is 0.326 e. The van der Waals surface area contributed by atoms with Gasteiger partial charge < -0.3 is 10.6 Å². The zero-order valence-electron chi connectivity index (χ0n) is 16.6. The number of aliphatic imine (C=N–C) groups is 1. The predicted octanol–water partition coefficient (Wildman–Crippen LogP) is 6.13. The minimum atomic E-state index is -4.71. The summed E-state index contributed by atoms with van der Waals surface area (Å²) in [5.41, 5.74) is -2.24. The van der Waals surface area contributed by atoms with Crippen molar-refractivity contribution in [2.75, 3.05) is 10.6 Å². The van der Waals surface area contributed by atoms with Crippen LogP contribution in [0.15, 0.2) is 53.5 Å². The number of aromatic amines is 1. The number of alkyl halides is 6. The van der Waals surface area contributed by atoms with Gasteiger partial charge in [-0.3, -0.25) is 9.89 Å². The summed E-state index contributed by atoms with van der Waals surface area (Å²) in [6, 6.07) is 9.46. The molecule has 0 aliphatic carbocycles. The van der Waals surface area contributed by atoms with Gasteiger partial charge in [0, 0.05) is 21.8 Å². The molecule has 6 nitrogen and oxygen atoms in total. The molecule has 0 aliphatic heterocycles. The summed E-state index contributed by atoms with van der Waals surface area (Å²) in [6.45, 7) is 1.16. The molecule has 2 aromatic carbocycles. The number of H-pyrrole nitrogens is 1. The molecule has 0 radical (unpaired) electrons. The van der Waals surface area contributed by atoms with E-state index in [0.717, 1.165) is 31.2 Å². The highest BCUT2D eigenvalue weighted by molar-refractivity contribution is 6.31. The number of amides is 1. The minimum absolute atomic E-state index is 0.174. The third-order valence-corrected chi connectivity index (χ3v) is 4.52. The van der Waals surface area contributed by atoms with Crippen LogP contribution in [-0.2, 0) is 12.4 Å². The van der Waals surface area contributed by atoms with Crippen LogP contribution in [0.3, 0.4) is 0 Å². The van der Waals surface area contributed by atoms with E-state index in [4.69, 9.17) is 11.6 Å². The summed E-state index contributed by atoms with van der Waals surface area (Å²) >= 11 is 5.92. The van der Waals surface area contributed by atoms with Crippen LogP contribution in [0.4, 0.5) is 37.8 Å². The molecule has 13 heteroatoms. The fourth-order valence-electron chi connectivity index (χ4n) is 2.67. The Kier molecular flexibility index (Phi) is 6.68. The molecular formula is C20H14ClF6N5O. The van der Waals surface area contributed by atoms with Gasteiger partial charge in [-0.05, 0) is 49.4 Å². The first-order chi connectivity index (χ1) is 15.3. The van der Waals surface area contributed by atoms with Crippen LogP contribution >= 0.6 is 11.6 Å². The maximum Gasteiger partial charge on any atom is 0.435 e. The SMILES string of the molecule is Cc1c(C(F)(F)F)n[nH]c1N/C(=N\C(=O)c1ccc(C(F)(F)F)cc1)Nc1cccc(Cl)c1. The van der Waals surface area contributed by atoms with Crippen molar-refractivity contribution in [2.24, 2.45) is 4.99 Å². The average Bonchev–Trinajstić information content (AvgIpc) is 3.08. The predicted molar refractivity (Wildman–Crippen MR) is 110 cm³/mol. The van der Waals surface area contributed by atoms with Crippen molar-refractivity contribution in [1.82, 2.24) is 10.2 Å². The van der Waals surface area contributed by atoms with Gasteiger partial charge in [-0.1, -0.05) is 17.7 Å². The molecule has 0 saturated heterocycles. The van der Waals surface area contributed by atoms with E-state index in [0.29, 0.717) is 10.7 Å². The molecule has 0 spiro atoms. The largest absolute Gasteiger partial charge is 0.435 e. The lowest BCUT2D eigenvalue weighted by atomic mass is 10.1. The molecular weight excluding hydrogens is 476 g/mol. The molecule has 0 saturated carbocycles. The van der Waals surface area contributed by atoms with Crippen LogP contribution in [0.2, 0.25) is 5.02 Å². The second kappa shape index (κ2) is 9.14. The van der Waals surface area contributed by atoms with Gasteiger partial charge in [0.15, 0.2) is 5.69 Å². The Morgan fingerprint density at radius 2 is 1.67 bits per heavy atom. The zero-order valence-corrected chi connectivity index (χ0v) is 17.3. The molecule has 0 atom stereocenters. The Balaban J connectivity index is 1.93. The number of hydrogen-bond donors (Lipinski definition) is 3. The van der Waals surface area contributed by atoms with Gasteiger partial charge in [0.25, 0.3) is 5.91 Å². The molecule has 0 fully saturated rings. The van der Waals surface area contributed by atoms with E-state index in [1.165, 1.54) is 6.07 Å². The number of guanidine groups is 1. The third-order valence-electron chi connectivity index (χ3n) is 4.28. The molecule has 33 heavy (non-hydrogen) atoms. The molecule has 0 aliphatic rings. The van der Waals surface area contributed by atoms with Gasteiger partial charge in [0.2, 0.25) is 5.96 Å². The maximum absolute atomic E-state index is 13.0. The van der Waals surface area contributed by atoms with E-state index in [1.54, 1.807) is 18.2 Å². The Bertz CT molecular complexity index is 1180. The van der Waals surface area contributed by atoms with Crippen molar-refractivity contribution in [1.29, 1.82) is 0 Å². The lowest BCUT2D eigenvalue weighted by Crippen LogP contribution is -2.24. The second-order valence-corrected chi connectivity index (χ2v) is 7.11. The third kappa shape index (κ3) is 6.04. The van der Waals surface area contributed by atoms with Crippen LogP contribution in [0, 0.1) is 6.92 Å². The number of carbonyl (C=O) groups is 1. The van der Waals surface area contributed by atoms with Crippen molar-refractivity contribution < 1.29 is 31.1 Å². The highest BCUT2D eigenvalue weighted by Gasteiger charge is 2.37. The molecule has 174 valence electrons. The van der Waals surface area contributed by atoms with Crippen LogP contribution in [-0.4, -0.2) is 22.1 Å². The van der Waals surface area contributed by atoms with Crippen LogP contribution < -0.4 is 10.6 Å². The summed E-state index contributed by atoms with van der Waals surface area (Å²) in [5.74, 6) is -1.47. The summed E-state index contributed by atoms with van der Waals surface area (Å²) < 4.78 is 77.3. The van der Waals surface area contributed by atoms with Crippen molar-refractivity contribution in [2.45, 2.75) is 19.3 Å². The summed E-state index contributed by atoms with van der Waals surface area (Å²) in [7, 11) is 0. The van der Waals surface area contributed by atoms with Gasteiger partial charge in [-0.15, -0.1) is 0 Å². The second-order valence-electron chi connectivity index (χ2n) is 6.67. The fourth-order valence-corrected chi connectivity index (χ4v) is 2.86. The Labute approximate surface area is 187 Å². The standard InChI is InChI=1S/C20H14ClF6N5O/c1-10-15(20(25,26)27)31-32-16(10)29-18(28-14-4-2-3-13(21)9-14)30-17(33)11-5-7-12(8-6-11)19(22,23)24/h2-9H,1H3,(H3,28,29,30,31,32,33). The first kappa shape index (κ1) is 24.1. The number of nitrogens with zero attached hydrogens (tertiary/aromatic N) is 2. The molecule has 3 N–H and O–H groups in total. The number of hydrogen-bond acceptors (Lipinski definition) is 2. The van der Waals surface area contributed by atoms with Crippen molar-refractivity contribution >= 4 is 35.0 Å². The molecule has 3 rings (SSSR count). The van der Waals surface area contributed by atoms with Crippen LogP contribution in [0.25, 0.3) is 0 Å². The first-order valence-corrected chi connectivity index (χ1v) is 9.44. The van der Waals surface area contributed by atoms with Crippen molar-refractivity contribution in [3.8, 4) is 0 Å². The Morgan fingerprint density at radius 3 is 2.21 bits per heavy atom. The highest BCUT2D eigenvalue weighted by atomic mass is 35.5. The molecule has 1 aromatic heterocycles. The number of halogens is 7. The summed E-state index contributed by atoms with van der Waals surface area (Å²) in [6.07, 6.45) is -9.30. The molecule has 1 heterocycles. The quantitative estimate of drug-likeness (QED) is 0.235. The Morgan fingerprint density at radius 1 is 1.00 bits per heavy atom. The fraction of sp³-hybridized carbons (Fsp3) is 0.150. The van der Waals surface area contributed by atoms with Crippen molar-refractivity contribution in [3.05, 3.63) is 75.9 Å². The number of benzene rings is 2. The molecule has 1 amide bonds. The van der Waals surface area contributed by atoms with E-state index >= 15 is 0 Å². The zero-order chi connectivity index (χ0) is 24.4. The van der Waals surface area contributed by atoms with Gasteiger partial charge in [-0.2, -0.15) is 36.4 Å². The monoisotopic (exact) mass is 489 g/mol. The normalized spacial score (nSPS) is 12.5. The molecule has 0 bridgehead atoms. The topological polar surface area (TPSA) is 82.2 Å². The summed E-state index contributed by atoms with van der Waals surface area (Å²) in [5, 5.41) is 11.0. The molecule has 0 unspecified atom stereocenters. The van der Waals surface area contributed by atoms with Crippen LogP contribution in [0.5, 0.6) is 0 Å². The van der Waals surface area contributed by atoms with Gasteiger partial charge >= 0.3 is 12.4 Å². The number of rotatable bonds is 3. The number of anilines is 2. The lowest BCUT2D eigenvalue weighted by Gasteiger charge is -2.12. The van der Waals surface area contributed by atoms with E-state index in [-0.39, 0.29) is 22.9 Å². The summed E-state index contributed by atoms with van der Waals surface area (Å²) in [4.78, 5) is 16.3. The van der Waals surface area contributed by atoms with E-state index in [9.17, 15) is 31.1 Å². The van der Waals surface area contributed by atoms with Crippen molar-refractivity contribution in [3.63, 3.8) is 0 Å². The average molecular weight is 490 g/mol. The lowest BCUT2D eigenvalue weighted by molar-refractivity contribution is -0.141. The minimum Gasteiger partial charge on any atom is -0.326 e. The van der Waals surface area contributed by atoms with E-state index < -0.39 is 29.5 Å². The number of nitrogens with one attached hydrogen (secondary N) is 3. The van der Waals surface area contributed by atoms with E-state index in [1.807, 2.05) is 0 Å². The van der Waals surface area contributed by atoms with E-state index in [2.05, 4.69) is 25.8 Å². The highest BCUT2D eigenvalue weighted by Crippen LogP contribution is 2.33. The van der Waals surface area contributed by atoms with Gasteiger partial charge in [0.1, 0.15) is 5.82 Å².